The van der Waals surface area contributed by atoms with E-state index >= 15 is 0 Å². The Morgan fingerprint density at radius 2 is 2.05 bits per heavy atom. The molecule has 1 aromatic rings. The first-order valence-electron chi connectivity index (χ1n) is 8.13. The lowest BCUT2D eigenvalue weighted by Gasteiger charge is -2.36. The van der Waals surface area contributed by atoms with Crippen molar-refractivity contribution in [1.82, 2.24) is 5.32 Å². The topological polar surface area (TPSA) is 41.5 Å². The zero-order chi connectivity index (χ0) is 15.3. The van der Waals surface area contributed by atoms with E-state index in [0.717, 1.165) is 49.5 Å². The normalized spacial score (nSPS) is 25.8. The molecule has 0 heterocycles. The summed E-state index contributed by atoms with van der Waals surface area (Å²) in [7, 11) is 1.70. The summed E-state index contributed by atoms with van der Waals surface area (Å²) in [4.78, 5) is 0. The van der Waals surface area contributed by atoms with Crippen molar-refractivity contribution in [2.75, 3.05) is 13.7 Å². The van der Waals surface area contributed by atoms with Crippen LogP contribution < -0.4 is 10.1 Å². The Labute approximate surface area is 128 Å². The van der Waals surface area contributed by atoms with Gasteiger partial charge in [0.05, 0.1) is 12.7 Å². The van der Waals surface area contributed by atoms with Crippen LogP contribution in [-0.2, 0) is 6.54 Å². The highest BCUT2D eigenvalue weighted by Gasteiger charge is 2.32. The van der Waals surface area contributed by atoms with Crippen LogP contribution in [-0.4, -0.2) is 24.4 Å². The molecule has 0 saturated heterocycles. The molecule has 1 aromatic carbocycles. The summed E-state index contributed by atoms with van der Waals surface area (Å²) in [5, 5.41) is 14.1. The number of rotatable bonds is 6. The summed E-state index contributed by atoms with van der Waals surface area (Å²) in [5.41, 5.74) is 1.86. The molecule has 0 amide bonds. The van der Waals surface area contributed by atoms with Crippen LogP contribution in [0.25, 0.3) is 0 Å². The van der Waals surface area contributed by atoms with Gasteiger partial charge in [-0.1, -0.05) is 31.0 Å². The maximum absolute atomic E-state index is 10.6. The summed E-state index contributed by atoms with van der Waals surface area (Å²) in [6.45, 7) is 5.74. The smallest absolute Gasteiger partial charge is 0.123 e. The quantitative estimate of drug-likeness (QED) is 0.844. The van der Waals surface area contributed by atoms with E-state index < -0.39 is 5.60 Å². The average molecular weight is 291 g/mol. The van der Waals surface area contributed by atoms with Gasteiger partial charge in [0.15, 0.2) is 0 Å². The van der Waals surface area contributed by atoms with Crippen molar-refractivity contribution in [2.45, 2.75) is 58.1 Å². The van der Waals surface area contributed by atoms with Gasteiger partial charge < -0.3 is 15.2 Å². The van der Waals surface area contributed by atoms with Gasteiger partial charge in [0.2, 0.25) is 0 Å². The number of aryl methyl sites for hydroxylation is 1. The highest BCUT2D eigenvalue weighted by molar-refractivity contribution is 5.36. The largest absolute Gasteiger partial charge is 0.496 e. The Kier molecular flexibility index (Phi) is 5.65. The van der Waals surface area contributed by atoms with Crippen LogP contribution >= 0.6 is 0 Å². The molecule has 21 heavy (non-hydrogen) atoms. The maximum atomic E-state index is 10.6. The number of nitrogens with one attached hydrogen (secondary N) is 1. The number of ether oxygens (including phenoxy) is 1. The Bertz CT molecular complexity index is 451. The van der Waals surface area contributed by atoms with E-state index in [4.69, 9.17) is 4.74 Å². The Hall–Kier alpha value is -1.06. The molecule has 0 bridgehead atoms. The standard InChI is InChI=1S/C18H29NO2/c1-4-15-7-9-18(20,10-8-15)13-19-12-16-11-14(2)5-6-17(16)21-3/h5-6,11,15,19-20H,4,7-10,12-13H2,1-3H3. The molecule has 1 saturated carbocycles. The van der Waals surface area contributed by atoms with Crippen molar-refractivity contribution < 1.29 is 9.84 Å². The van der Waals surface area contributed by atoms with Gasteiger partial charge in [-0.2, -0.15) is 0 Å². The predicted octanol–water partition coefficient (Wildman–Crippen LogP) is 3.42. The van der Waals surface area contributed by atoms with Crippen LogP contribution in [0.2, 0.25) is 0 Å². The third kappa shape index (κ3) is 4.45. The van der Waals surface area contributed by atoms with Gasteiger partial charge in [0, 0.05) is 18.7 Å². The number of hydrogen-bond acceptors (Lipinski definition) is 3. The number of methoxy groups -OCH3 is 1. The van der Waals surface area contributed by atoms with Crippen molar-refractivity contribution in [3.05, 3.63) is 29.3 Å². The number of hydrogen-bond donors (Lipinski definition) is 2. The Balaban J connectivity index is 1.85. The third-order valence-corrected chi connectivity index (χ3v) is 4.82. The zero-order valence-corrected chi connectivity index (χ0v) is 13.6. The van der Waals surface area contributed by atoms with Crippen molar-refractivity contribution in [2.24, 2.45) is 5.92 Å². The first-order valence-corrected chi connectivity index (χ1v) is 8.13. The lowest BCUT2D eigenvalue weighted by molar-refractivity contribution is -0.00884. The summed E-state index contributed by atoms with van der Waals surface area (Å²) in [6.07, 6.45) is 5.39. The van der Waals surface area contributed by atoms with Gasteiger partial charge >= 0.3 is 0 Å². The van der Waals surface area contributed by atoms with Gasteiger partial charge in [-0.25, -0.2) is 0 Å². The Morgan fingerprint density at radius 1 is 1.33 bits per heavy atom. The van der Waals surface area contributed by atoms with Crippen molar-refractivity contribution >= 4 is 0 Å². The molecule has 118 valence electrons. The van der Waals surface area contributed by atoms with Crippen LogP contribution in [0.3, 0.4) is 0 Å². The van der Waals surface area contributed by atoms with E-state index in [2.05, 4.69) is 31.3 Å². The molecule has 0 spiro atoms. The highest BCUT2D eigenvalue weighted by atomic mass is 16.5. The fourth-order valence-electron chi connectivity index (χ4n) is 3.28. The van der Waals surface area contributed by atoms with Crippen molar-refractivity contribution in [3.8, 4) is 5.75 Å². The van der Waals surface area contributed by atoms with Gasteiger partial charge in [0.1, 0.15) is 5.75 Å². The van der Waals surface area contributed by atoms with Gasteiger partial charge in [-0.05, 0) is 44.6 Å². The van der Waals surface area contributed by atoms with E-state index in [1.165, 1.54) is 12.0 Å². The average Bonchev–Trinajstić information content (AvgIpc) is 2.48. The van der Waals surface area contributed by atoms with E-state index in [1.807, 2.05) is 6.07 Å². The van der Waals surface area contributed by atoms with Crippen molar-refractivity contribution in [1.29, 1.82) is 0 Å². The fraction of sp³-hybridized carbons (Fsp3) is 0.667. The second kappa shape index (κ2) is 7.28. The molecule has 1 aliphatic rings. The molecule has 0 radical (unpaired) electrons. The molecule has 1 fully saturated rings. The fourth-order valence-corrected chi connectivity index (χ4v) is 3.28. The Morgan fingerprint density at radius 3 is 2.67 bits per heavy atom. The van der Waals surface area contributed by atoms with Gasteiger partial charge in [-0.3, -0.25) is 0 Å². The SMILES string of the molecule is CCC1CCC(O)(CNCc2cc(C)ccc2OC)CC1. The lowest BCUT2D eigenvalue weighted by Crippen LogP contribution is -2.43. The van der Waals surface area contributed by atoms with E-state index in [0.29, 0.717) is 6.54 Å². The minimum absolute atomic E-state index is 0.525. The summed E-state index contributed by atoms with van der Waals surface area (Å²) in [6, 6.07) is 6.21. The van der Waals surface area contributed by atoms with Crippen LogP contribution in [0.15, 0.2) is 18.2 Å². The zero-order valence-electron chi connectivity index (χ0n) is 13.6. The molecule has 0 aliphatic heterocycles. The molecular formula is C18H29NO2. The predicted molar refractivity (Wildman–Crippen MR) is 86.6 cm³/mol. The first-order chi connectivity index (χ1) is 10.1. The highest BCUT2D eigenvalue weighted by Crippen LogP contribution is 2.33. The first kappa shape index (κ1) is 16.3. The van der Waals surface area contributed by atoms with Crippen LogP contribution in [0, 0.1) is 12.8 Å². The molecular weight excluding hydrogens is 262 g/mol. The molecule has 2 N–H and O–H groups in total. The summed E-state index contributed by atoms with van der Waals surface area (Å²) < 4.78 is 5.39. The van der Waals surface area contributed by atoms with Gasteiger partial charge in [-0.15, -0.1) is 0 Å². The monoisotopic (exact) mass is 291 g/mol. The maximum Gasteiger partial charge on any atom is 0.123 e. The molecule has 1 aliphatic carbocycles. The van der Waals surface area contributed by atoms with Crippen LogP contribution in [0.1, 0.15) is 50.2 Å². The van der Waals surface area contributed by atoms with Crippen molar-refractivity contribution in [3.63, 3.8) is 0 Å². The number of aliphatic hydroxyl groups is 1. The number of benzene rings is 1. The van der Waals surface area contributed by atoms with Crippen LogP contribution in [0.5, 0.6) is 5.75 Å². The molecule has 0 aromatic heterocycles. The third-order valence-electron chi connectivity index (χ3n) is 4.82. The second-order valence-electron chi connectivity index (χ2n) is 6.49. The molecule has 2 rings (SSSR count). The molecule has 3 heteroatoms. The summed E-state index contributed by atoms with van der Waals surface area (Å²) in [5.74, 6) is 1.72. The van der Waals surface area contributed by atoms with E-state index in [-0.39, 0.29) is 0 Å². The second-order valence-corrected chi connectivity index (χ2v) is 6.49. The molecule has 0 atom stereocenters. The molecule has 3 nitrogen and oxygen atoms in total. The minimum atomic E-state index is -0.525. The van der Waals surface area contributed by atoms with Crippen LogP contribution in [0.4, 0.5) is 0 Å². The van der Waals surface area contributed by atoms with Gasteiger partial charge in [0.25, 0.3) is 0 Å². The minimum Gasteiger partial charge on any atom is -0.496 e. The lowest BCUT2D eigenvalue weighted by atomic mass is 9.78. The molecule has 0 unspecified atom stereocenters. The van der Waals surface area contributed by atoms with E-state index in [9.17, 15) is 5.11 Å². The summed E-state index contributed by atoms with van der Waals surface area (Å²) >= 11 is 0. The van der Waals surface area contributed by atoms with E-state index in [1.54, 1.807) is 7.11 Å².